The average Bonchev–Trinajstić information content (AvgIpc) is 1.38. The first-order chi connectivity index (χ1) is 2.27. The lowest BCUT2D eigenvalue weighted by Crippen LogP contribution is -2.10. The fourth-order valence-corrected chi connectivity index (χ4v) is 0. The third kappa shape index (κ3) is 3.16. The highest BCUT2D eigenvalue weighted by atomic mass is 17.3. The van der Waals surface area contributed by atoms with Gasteiger partial charge in [0.15, 0.2) is 0 Å². The Morgan fingerprint density at radius 3 is 2.00 bits per heavy atom. The Labute approximate surface area is 26.8 Å². The Morgan fingerprint density at radius 2 is 2.00 bits per heavy atom. The van der Waals surface area contributed by atoms with Crippen LogP contribution in [0.4, 0.5) is 0 Å². The van der Waals surface area contributed by atoms with Gasteiger partial charge in [0.2, 0.25) is 0 Å². The van der Waals surface area contributed by atoms with Crippen molar-refractivity contribution in [3.63, 3.8) is 0 Å². The lowest BCUT2D eigenvalue weighted by atomic mass is 13.1. The summed E-state index contributed by atoms with van der Waals surface area (Å²) in [6, 6.07) is 0. The predicted octanol–water partition coefficient (Wildman–Crippen LogP) is -1.53. The lowest BCUT2D eigenvalue weighted by Gasteiger charge is -1.92. The zero-order chi connectivity index (χ0) is 4.28. The second-order valence-corrected chi connectivity index (χ2v) is 0.298. The summed E-state index contributed by atoms with van der Waals surface area (Å²) in [5.74, 6) is 0. The fraction of sp³-hybridized carbons (Fsp3) is 0. The third-order valence-corrected chi connectivity index (χ3v) is 0.0609. The molecule has 0 saturated carbocycles. The van der Waals surface area contributed by atoms with E-state index < -0.39 is 5.09 Å². The normalized spacial score (nSPS) is 6.60. The van der Waals surface area contributed by atoms with Crippen LogP contribution >= 0.6 is 0 Å². The maximum absolute atomic E-state index is 8.64. The minimum Gasteiger partial charge on any atom is -0.694 e. The number of rotatable bonds is 1. The molecule has 0 rings (SSSR count). The van der Waals surface area contributed by atoms with Gasteiger partial charge in [-0.1, -0.05) is 0 Å². The molecule has 0 N–H and O–H groups in total. The van der Waals surface area contributed by atoms with Crippen molar-refractivity contribution in [3.8, 4) is 0 Å². The smallest absolute Gasteiger partial charge is 0.284 e. The van der Waals surface area contributed by atoms with Crippen LogP contribution in [-0.4, -0.2) is 5.09 Å². The first-order valence-electron chi connectivity index (χ1n) is 0.714. The summed E-state index contributed by atoms with van der Waals surface area (Å²) in [5.41, 5.74) is 0. The Bertz CT molecular complexity index is 38.9. The van der Waals surface area contributed by atoms with Gasteiger partial charge in [0.05, 0.1) is 0 Å². The van der Waals surface area contributed by atoms with E-state index in [1.54, 1.807) is 0 Å². The number of nitrogens with zero attached hydrogens (tertiary/aromatic N) is 1. The maximum atomic E-state index is 8.64. The lowest BCUT2D eigenvalue weighted by molar-refractivity contribution is -1.00. The molecule has 0 aliphatic rings. The van der Waals surface area contributed by atoms with Crippen molar-refractivity contribution in [1.82, 2.24) is 0 Å². The molecule has 0 heterocycles. The van der Waals surface area contributed by atoms with Crippen LogP contribution in [0.3, 0.4) is 0 Å². The molecule has 0 aliphatic carbocycles. The van der Waals surface area contributed by atoms with E-state index in [1.165, 1.54) is 0 Å². The fourth-order valence-electron chi connectivity index (χ4n) is 0. The summed E-state index contributed by atoms with van der Waals surface area (Å²) < 4.78 is 0. The molecule has 0 saturated heterocycles. The van der Waals surface area contributed by atoms with Crippen LogP contribution < -0.4 is 5.26 Å². The molecule has 5 nitrogen and oxygen atoms in total. The SMILES string of the molecule is O=[N+]([O-])O[O-]. The van der Waals surface area contributed by atoms with Gasteiger partial charge in [-0.25, -0.2) is 0 Å². The Morgan fingerprint density at radius 1 is 1.80 bits per heavy atom. The molecule has 30 valence electrons. The molecule has 0 amide bonds. The molecule has 0 radical (unpaired) electrons. The van der Waals surface area contributed by atoms with Crippen LogP contribution in [0.15, 0.2) is 0 Å². The molecular weight excluding hydrogens is 78.0 g/mol. The average molecular weight is 78.0 g/mol. The monoisotopic (exact) mass is 78.0 g/mol. The summed E-state index contributed by atoms with van der Waals surface area (Å²) in [6.07, 6.45) is 0. The highest BCUT2D eigenvalue weighted by Gasteiger charge is 1.71. The van der Waals surface area contributed by atoms with Crippen LogP contribution in [0.25, 0.3) is 0 Å². The van der Waals surface area contributed by atoms with Crippen molar-refractivity contribution >= 4 is 0 Å². The van der Waals surface area contributed by atoms with Crippen molar-refractivity contribution in [1.29, 1.82) is 0 Å². The van der Waals surface area contributed by atoms with Crippen molar-refractivity contribution < 1.29 is 15.3 Å². The van der Waals surface area contributed by atoms with Crippen LogP contribution in [0, 0.1) is 10.1 Å². The molecule has 0 atom stereocenters. The first kappa shape index (κ1) is 4.16. The third-order valence-electron chi connectivity index (χ3n) is 0.0609. The second-order valence-electron chi connectivity index (χ2n) is 0.298. The van der Waals surface area contributed by atoms with E-state index in [9.17, 15) is 0 Å². The molecule has 0 aromatic rings. The quantitative estimate of drug-likeness (QED) is 0.216. The minimum atomic E-state index is -1.43. The van der Waals surface area contributed by atoms with E-state index in [4.69, 9.17) is 15.4 Å². The van der Waals surface area contributed by atoms with Gasteiger partial charge in [0.1, 0.15) is 0 Å². The van der Waals surface area contributed by atoms with Gasteiger partial charge in [-0.2, -0.15) is 0 Å². The van der Waals surface area contributed by atoms with Gasteiger partial charge in [-0.3, -0.25) is 0 Å². The van der Waals surface area contributed by atoms with E-state index in [-0.39, 0.29) is 0 Å². The largest absolute Gasteiger partial charge is 0.694 e. The maximum Gasteiger partial charge on any atom is 0.284 e. The van der Waals surface area contributed by atoms with Gasteiger partial charge in [-0.15, -0.1) is 10.1 Å². The molecule has 0 fully saturated rings. The molecule has 0 aromatic heterocycles. The molecular formula is NO4-. The van der Waals surface area contributed by atoms with Gasteiger partial charge < -0.3 is 10.2 Å². The predicted molar refractivity (Wildman–Crippen MR) is 8.08 cm³/mol. The van der Waals surface area contributed by atoms with E-state index in [0.717, 1.165) is 0 Å². The first-order valence-corrected chi connectivity index (χ1v) is 0.714. The highest BCUT2D eigenvalue weighted by molar-refractivity contribution is 3.84. The van der Waals surface area contributed by atoms with Crippen LogP contribution in [0.2, 0.25) is 0 Å². The molecule has 0 aliphatic heterocycles. The van der Waals surface area contributed by atoms with Gasteiger partial charge in [-0.05, 0) is 0 Å². The molecule has 5 heavy (non-hydrogen) atoms. The summed E-state index contributed by atoms with van der Waals surface area (Å²) in [4.78, 5) is 10.9. The standard InChI is InChI=1S/HNO4/c2-1(3)5-4/h4H/p-1. The number of hydrogen-bond acceptors (Lipinski definition) is 4. The number of hydrogen-bond donors (Lipinski definition) is 0. The van der Waals surface area contributed by atoms with Crippen molar-refractivity contribution in [2.24, 2.45) is 0 Å². The van der Waals surface area contributed by atoms with Crippen molar-refractivity contribution in [2.75, 3.05) is 0 Å². The van der Waals surface area contributed by atoms with E-state index >= 15 is 0 Å². The zero-order valence-corrected chi connectivity index (χ0v) is 2.08. The highest BCUT2D eigenvalue weighted by Crippen LogP contribution is 1.51. The van der Waals surface area contributed by atoms with Crippen molar-refractivity contribution in [2.45, 2.75) is 0 Å². The second kappa shape index (κ2) is 1.48. The molecule has 0 bridgehead atoms. The van der Waals surface area contributed by atoms with Crippen LogP contribution in [0.1, 0.15) is 0 Å². The molecule has 0 spiro atoms. The van der Waals surface area contributed by atoms with E-state index in [1.807, 2.05) is 0 Å². The summed E-state index contributed by atoms with van der Waals surface area (Å²) >= 11 is 0. The van der Waals surface area contributed by atoms with E-state index in [0.29, 0.717) is 0 Å². The van der Waals surface area contributed by atoms with Gasteiger partial charge in [0, 0.05) is 0 Å². The summed E-state index contributed by atoms with van der Waals surface area (Å²) in [6.45, 7) is 0. The van der Waals surface area contributed by atoms with Crippen LogP contribution in [0.5, 0.6) is 0 Å². The Hall–Kier alpha value is -0.840. The van der Waals surface area contributed by atoms with Crippen LogP contribution in [-0.2, 0) is 4.99 Å². The Kier molecular flexibility index (Phi) is 1.23. The van der Waals surface area contributed by atoms with E-state index in [2.05, 4.69) is 4.99 Å². The van der Waals surface area contributed by atoms with Gasteiger partial charge >= 0.3 is 0 Å². The van der Waals surface area contributed by atoms with Crippen molar-refractivity contribution in [3.05, 3.63) is 10.1 Å². The topological polar surface area (TPSA) is 75.4 Å². The minimum absolute atomic E-state index is 1.43. The molecule has 5 heteroatoms. The van der Waals surface area contributed by atoms with Gasteiger partial charge in [0.25, 0.3) is 5.09 Å². The molecule has 0 unspecified atom stereocenters. The zero-order valence-electron chi connectivity index (χ0n) is 2.08. The summed E-state index contributed by atoms with van der Waals surface area (Å²) in [7, 11) is 0. The summed E-state index contributed by atoms with van der Waals surface area (Å²) in [5, 5.41) is 15.6. The molecule has 0 aromatic carbocycles. The Balaban J connectivity index is 2.85.